The second-order valence-electron chi connectivity index (χ2n) is 2.57. The molecule has 0 fully saturated rings. The Morgan fingerprint density at radius 3 is 2.73 bits per heavy atom. The second-order valence-corrected chi connectivity index (χ2v) is 4.37. The van der Waals surface area contributed by atoms with Crippen molar-refractivity contribution in [2.24, 2.45) is 0 Å². The third-order valence-corrected chi connectivity index (χ3v) is 2.39. The Morgan fingerprint density at radius 2 is 2.27 bits per heavy atom. The number of thiophene rings is 1. The summed E-state index contributed by atoms with van der Waals surface area (Å²) < 4.78 is 6.22. The van der Waals surface area contributed by atoms with E-state index in [0.717, 1.165) is 4.34 Å². The summed E-state index contributed by atoms with van der Waals surface area (Å²) in [6, 6.07) is 3.89. The number of hydrogen-bond acceptors (Lipinski definition) is 2. The third-order valence-electron chi connectivity index (χ3n) is 1.19. The molecular formula is C8H11ClOS. The van der Waals surface area contributed by atoms with Crippen LogP contribution in [0.3, 0.4) is 0 Å². The predicted molar refractivity (Wildman–Crippen MR) is 49.3 cm³/mol. The molecule has 1 nitrogen and oxygen atoms in total. The summed E-state index contributed by atoms with van der Waals surface area (Å²) in [4.78, 5) is 1.18. The van der Waals surface area contributed by atoms with Gasteiger partial charge in [0, 0.05) is 4.88 Å². The number of ether oxygens (including phenoxy) is 1. The maximum absolute atomic E-state index is 5.74. The van der Waals surface area contributed by atoms with Crippen molar-refractivity contribution in [3.63, 3.8) is 0 Å². The highest BCUT2D eigenvalue weighted by molar-refractivity contribution is 7.16. The SMILES string of the molecule is CC(C)OCc1ccc(Cl)s1. The molecule has 0 unspecified atom stereocenters. The molecule has 1 aromatic rings. The molecule has 0 radical (unpaired) electrons. The van der Waals surface area contributed by atoms with Crippen LogP contribution in [0.1, 0.15) is 18.7 Å². The molecule has 3 heteroatoms. The van der Waals surface area contributed by atoms with Crippen LogP contribution in [0.25, 0.3) is 0 Å². The van der Waals surface area contributed by atoms with E-state index >= 15 is 0 Å². The van der Waals surface area contributed by atoms with Crippen LogP contribution in [-0.4, -0.2) is 6.10 Å². The van der Waals surface area contributed by atoms with Gasteiger partial charge in [0.05, 0.1) is 17.0 Å². The Morgan fingerprint density at radius 1 is 1.55 bits per heavy atom. The minimum Gasteiger partial charge on any atom is -0.373 e. The van der Waals surface area contributed by atoms with Gasteiger partial charge in [0.1, 0.15) is 0 Å². The molecule has 0 saturated carbocycles. The van der Waals surface area contributed by atoms with Crippen LogP contribution >= 0.6 is 22.9 Å². The van der Waals surface area contributed by atoms with E-state index in [2.05, 4.69) is 0 Å². The summed E-state index contributed by atoms with van der Waals surface area (Å²) in [5.74, 6) is 0. The normalized spacial score (nSPS) is 10.9. The lowest BCUT2D eigenvalue weighted by Gasteiger charge is -2.04. The Bertz CT molecular complexity index is 220. The fourth-order valence-electron chi connectivity index (χ4n) is 0.678. The molecule has 1 rings (SSSR count). The van der Waals surface area contributed by atoms with Gasteiger partial charge in [-0.2, -0.15) is 0 Å². The maximum atomic E-state index is 5.74. The summed E-state index contributed by atoms with van der Waals surface area (Å²) in [5, 5.41) is 0. The third kappa shape index (κ3) is 3.23. The number of hydrogen-bond donors (Lipinski definition) is 0. The van der Waals surface area contributed by atoms with Crippen molar-refractivity contribution in [2.45, 2.75) is 26.6 Å². The lowest BCUT2D eigenvalue weighted by atomic mass is 10.4. The fraction of sp³-hybridized carbons (Fsp3) is 0.500. The zero-order valence-corrected chi connectivity index (χ0v) is 8.21. The van der Waals surface area contributed by atoms with Crippen LogP contribution in [0.15, 0.2) is 12.1 Å². The van der Waals surface area contributed by atoms with Crippen molar-refractivity contribution in [3.05, 3.63) is 21.3 Å². The van der Waals surface area contributed by atoms with E-state index in [1.54, 1.807) is 11.3 Å². The Balaban J connectivity index is 2.39. The molecule has 11 heavy (non-hydrogen) atoms. The van der Waals surface area contributed by atoms with Crippen LogP contribution in [-0.2, 0) is 11.3 Å². The molecule has 0 atom stereocenters. The Kier molecular flexibility index (Phi) is 3.37. The highest BCUT2D eigenvalue weighted by atomic mass is 35.5. The van der Waals surface area contributed by atoms with Crippen molar-refractivity contribution < 1.29 is 4.74 Å². The van der Waals surface area contributed by atoms with E-state index in [-0.39, 0.29) is 6.10 Å². The molecule has 0 aromatic carbocycles. The topological polar surface area (TPSA) is 9.23 Å². The summed E-state index contributed by atoms with van der Waals surface area (Å²) in [7, 11) is 0. The second kappa shape index (κ2) is 4.10. The molecule has 62 valence electrons. The van der Waals surface area contributed by atoms with Gasteiger partial charge in [0.25, 0.3) is 0 Å². The predicted octanol–water partition coefficient (Wildman–Crippen LogP) is 3.33. The van der Waals surface area contributed by atoms with Crippen LogP contribution in [0.2, 0.25) is 4.34 Å². The average Bonchev–Trinajstić information content (AvgIpc) is 2.31. The molecule has 0 aliphatic rings. The molecule has 0 aliphatic heterocycles. The van der Waals surface area contributed by atoms with Crippen molar-refractivity contribution in [2.75, 3.05) is 0 Å². The first-order chi connectivity index (χ1) is 5.18. The van der Waals surface area contributed by atoms with Gasteiger partial charge in [-0.3, -0.25) is 0 Å². The minimum atomic E-state index is 0.288. The van der Waals surface area contributed by atoms with Gasteiger partial charge >= 0.3 is 0 Å². The molecule has 0 N–H and O–H groups in total. The largest absolute Gasteiger partial charge is 0.373 e. The zero-order valence-electron chi connectivity index (χ0n) is 6.63. The number of halogens is 1. The smallest absolute Gasteiger partial charge is 0.0932 e. The first kappa shape index (κ1) is 9.04. The van der Waals surface area contributed by atoms with Crippen LogP contribution in [0.4, 0.5) is 0 Å². The molecule has 0 bridgehead atoms. The molecule has 1 aromatic heterocycles. The number of rotatable bonds is 3. The molecule has 0 spiro atoms. The van der Waals surface area contributed by atoms with Crippen molar-refractivity contribution in [3.8, 4) is 0 Å². The maximum Gasteiger partial charge on any atom is 0.0932 e. The van der Waals surface area contributed by atoms with Crippen molar-refractivity contribution in [1.82, 2.24) is 0 Å². The van der Waals surface area contributed by atoms with Crippen molar-refractivity contribution in [1.29, 1.82) is 0 Å². The molecule has 0 saturated heterocycles. The summed E-state index contributed by atoms with van der Waals surface area (Å²) in [6.07, 6.45) is 0.288. The van der Waals surface area contributed by atoms with Gasteiger partial charge in [-0.05, 0) is 26.0 Å². The zero-order chi connectivity index (χ0) is 8.27. The minimum absolute atomic E-state index is 0.288. The Hall–Kier alpha value is -0.0500. The Labute approximate surface area is 75.9 Å². The van der Waals surface area contributed by atoms with E-state index in [4.69, 9.17) is 16.3 Å². The monoisotopic (exact) mass is 190 g/mol. The fourth-order valence-corrected chi connectivity index (χ4v) is 1.69. The van der Waals surface area contributed by atoms with E-state index in [1.165, 1.54) is 4.88 Å². The van der Waals surface area contributed by atoms with E-state index in [1.807, 2.05) is 26.0 Å². The van der Waals surface area contributed by atoms with E-state index < -0.39 is 0 Å². The van der Waals surface area contributed by atoms with Crippen LogP contribution in [0, 0.1) is 0 Å². The molecule has 0 amide bonds. The van der Waals surface area contributed by atoms with Crippen LogP contribution in [0.5, 0.6) is 0 Å². The van der Waals surface area contributed by atoms with E-state index in [9.17, 15) is 0 Å². The summed E-state index contributed by atoms with van der Waals surface area (Å²) in [6.45, 7) is 4.72. The first-order valence-electron chi connectivity index (χ1n) is 3.54. The summed E-state index contributed by atoms with van der Waals surface area (Å²) >= 11 is 7.31. The van der Waals surface area contributed by atoms with Gasteiger partial charge in [-0.1, -0.05) is 11.6 Å². The molecule has 1 heterocycles. The quantitative estimate of drug-likeness (QED) is 0.711. The first-order valence-corrected chi connectivity index (χ1v) is 4.74. The van der Waals surface area contributed by atoms with Gasteiger partial charge < -0.3 is 4.74 Å². The van der Waals surface area contributed by atoms with Crippen molar-refractivity contribution >= 4 is 22.9 Å². The van der Waals surface area contributed by atoms with Gasteiger partial charge in [0.15, 0.2) is 0 Å². The van der Waals surface area contributed by atoms with Gasteiger partial charge in [-0.25, -0.2) is 0 Å². The highest BCUT2D eigenvalue weighted by Crippen LogP contribution is 2.22. The summed E-state index contributed by atoms with van der Waals surface area (Å²) in [5.41, 5.74) is 0. The molecular weight excluding hydrogens is 180 g/mol. The lowest BCUT2D eigenvalue weighted by molar-refractivity contribution is 0.0674. The highest BCUT2D eigenvalue weighted by Gasteiger charge is 1.98. The molecule has 0 aliphatic carbocycles. The lowest BCUT2D eigenvalue weighted by Crippen LogP contribution is -2.00. The van der Waals surface area contributed by atoms with Gasteiger partial charge in [0.2, 0.25) is 0 Å². The van der Waals surface area contributed by atoms with Gasteiger partial charge in [-0.15, -0.1) is 11.3 Å². The average molecular weight is 191 g/mol. The van der Waals surface area contributed by atoms with Crippen LogP contribution < -0.4 is 0 Å². The van der Waals surface area contributed by atoms with E-state index in [0.29, 0.717) is 6.61 Å². The standard InChI is InChI=1S/C8H11ClOS/c1-6(2)10-5-7-3-4-8(9)11-7/h3-4,6H,5H2,1-2H3.